The van der Waals surface area contributed by atoms with Crippen molar-refractivity contribution in [3.63, 3.8) is 0 Å². The highest BCUT2D eigenvalue weighted by Crippen LogP contribution is 2.21. The zero-order chi connectivity index (χ0) is 15.9. The number of methoxy groups -OCH3 is 1. The Labute approximate surface area is 130 Å². The maximum absolute atomic E-state index is 11.2. The first kappa shape index (κ1) is 15.9. The van der Waals surface area contributed by atoms with Crippen LogP contribution in [-0.2, 0) is 11.2 Å². The Hall–Kier alpha value is -2.49. The van der Waals surface area contributed by atoms with E-state index in [9.17, 15) is 4.79 Å². The van der Waals surface area contributed by atoms with Crippen molar-refractivity contribution in [2.75, 3.05) is 13.7 Å². The van der Waals surface area contributed by atoms with Gasteiger partial charge in [-0.1, -0.05) is 35.9 Å². The van der Waals surface area contributed by atoms with Crippen LogP contribution in [-0.4, -0.2) is 19.9 Å². The maximum Gasteiger partial charge on any atom is 0.513 e. The molecule has 4 heteroatoms. The molecule has 0 amide bonds. The van der Waals surface area contributed by atoms with Crippen molar-refractivity contribution < 1.29 is 19.0 Å². The van der Waals surface area contributed by atoms with E-state index in [1.807, 2.05) is 37.3 Å². The van der Waals surface area contributed by atoms with Gasteiger partial charge in [-0.2, -0.15) is 0 Å². The Bertz CT molecular complexity index is 649. The van der Waals surface area contributed by atoms with Crippen molar-refractivity contribution in [2.45, 2.75) is 20.3 Å². The van der Waals surface area contributed by atoms with Crippen LogP contribution in [0, 0.1) is 13.8 Å². The van der Waals surface area contributed by atoms with Gasteiger partial charge in [0.1, 0.15) is 11.5 Å². The summed E-state index contributed by atoms with van der Waals surface area (Å²) in [6.07, 6.45) is -0.0803. The van der Waals surface area contributed by atoms with Crippen LogP contribution in [0.15, 0.2) is 42.5 Å². The second kappa shape index (κ2) is 7.50. The summed E-state index contributed by atoms with van der Waals surface area (Å²) in [5.41, 5.74) is 3.22. The molecular formula is C18H20O4. The number of carbonyl (C=O) groups excluding carboxylic acids is 1. The van der Waals surface area contributed by atoms with Gasteiger partial charge in [0.2, 0.25) is 0 Å². The molecule has 116 valence electrons. The Morgan fingerprint density at radius 3 is 2.55 bits per heavy atom. The van der Waals surface area contributed by atoms with Gasteiger partial charge in [-0.15, -0.1) is 0 Å². The van der Waals surface area contributed by atoms with E-state index in [0.29, 0.717) is 18.8 Å². The first-order chi connectivity index (χ1) is 10.6. The summed E-state index contributed by atoms with van der Waals surface area (Å²) in [6, 6.07) is 13.4. The molecule has 0 bridgehead atoms. The number of benzene rings is 2. The molecule has 0 saturated carbocycles. The lowest BCUT2D eigenvalue weighted by molar-refractivity contribution is 0.121. The third kappa shape index (κ3) is 4.25. The van der Waals surface area contributed by atoms with E-state index in [4.69, 9.17) is 9.47 Å². The van der Waals surface area contributed by atoms with E-state index in [0.717, 1.165) is 16.9 Å². The molecule has 0 fully saturated rings. The minimum absolute atomic E-state index is 0.499. The van der Waals surface area contributed by atoms with Gasteiger partial charge in [-0.25, -0.2) is 4.79 Å². The van der Waals surface area contributed by atoms with Gasteiger partial charge in [0.25, 0.3) is 0 Å². The van der Waals surface area contributed by atoms with Crippen LogP contribution < -0.4 is 9.47 Å². The molecule has 0 aromatic heterocycles. The molecule has 0 atom stereocenters. The predicted molar refractivity (Wildman–Crippen MR) is 84.6 cm³/mol. The quantitative estimate of drug-likeness (QED) is 0.617. The van der Waals surface area contributed by atoms with Crippen molar-refractivity contribution >= 4 is 6.16 Å². The first-order valence-corrected chi connectivity index (χ1v) is 7.14. The smallest absolute Gasteiger partial charge is 0.493 e. The summed E-state index contributed by atoms with van der Waals surface area (Å²) < 4.78 is 15.4. The third-order valence-corrected chi connectivity index (χ3v) is 3.29. The summed E-state index contributed by atoms with van der Waals surface area (Å²) in [6.45, 7) is 4.58. The van der Waals surface area contributed by atoms with E-state index in [-0.39, 0.29) is 0 Å². The highest BCUT2D eigenvalue weighted by Gasteiger charge is 2.09. The number of hydrogen-bond acceptors (Lipinski definition) is 4. The monoisotopic (exact) mass is 300 g/mol. The molecule has 0 aliphatic heterocycles. The molecule has 0 heterocycles. The maximum atomic E-state index is 11.2. The van der Waals surface area contributed by atoms with Gasteiger partial charge in [-0.05, 0) is 37.1 Å². The fourth-order valence-electron chi connectivity index (χ4n) is 2.17. The summed E-state index contributed by atoms with van der Waals surface area (Å²) >= 11 is 0. The molecule has 22 heavy (non-hydrogen) atoms. The fraction of sp³-hybridized carbons (Fsp3) is 0.278. The highest BCUT2D eigenvalue weighted by molar-refractivity contribution is 5.64. The fourth-order valence-corrected chi connectivity index (χ4v) is 2.17. The standard InChI is InChI=1S/C18H20O4/c1-13-8-9-16(14(2)12-13)21-11-10-15-6-4-5-7-17(15)22-18(19)20-3/h4-9,12H,10-11H2,1-3H3. The van der Waals surface area contributed by atoms with Gasteiger partial charge in [0.15, 0.2) is 0 Å². The van der Waals surface area contributed by atoms with E-state index in [1.165, 1.54) is 12.7 Å². The van der Waals surface area contributed by atoms with Crippen LogP contribution in [0.3, 0.4) is 0 Å². The van der Waals surface area contributed by atoms with E-state index in [1.54, 1.807) is 6.07 Å². The van der Waals surface area contributed by atoms with Crippen molar-refractivity contribution in [3.05, 3.63) is 59.2 Å². The third-order valence-electron chi connectivity index (χ3n) is 3.29. The highest BCUT2D eigenvalue weighted by atomic mass is 16.7. The number of aryl methyl sites for hydroxylation is 2. The van der Waals surface area contributed by atoms with Crippen molar-refractivity contribution in [1.29, 1.82) is 0 Å². The number of carbonyl (C=O) groups is 1. The molecule has 0 aliphatic rings. The van der Waals surface area contributed by atoms with Crippen LogP contribution in [0.2, 0.25) is 0 Å². The first-order valence-electron chi connectivity index (χ1n) is 7.14. The normalized spacial score (nSPS) is 10.1. The molecule has 0 unspecified atom stereocenters. The van der Waals surface area contributed by atoms with E-state index >= 15 is 0 Å². The van der Waals surface area contributed by atoms with Gasteiger partial charge >= 0.3 is 6.16 Å². The molecule has 0 N–H and O–H groups in total. The molecule has 0 aliphatic carbocycles. The van der Waals surface area contributed by atoms with Gasteiger partial charge in [0.05, 0.1) is 13.7 Å². The molecule has 2 rings (SSSR count). The Balaban J connectivity index is 1.98. The van der Waals surface area contributed by atoms with Crippen LogP contribution in [0.25, 0.3) is 0 Å². The Kier molecular flexibility index (Phi) is 5.42. The minimum atomic E-state index is -0.720. The zero-order valence-corrected chi connectivity index (χ0v) is 13.1. The number of rotatable bonds is 5. The second-order valence-electron chi connectivity index (χ2n) is 5.03. The van der Waals surface area contributed by atoms with Crippen LogP contribution in [0.5, 0.6) is 11.5 Å². The van der Waals surface area contributed by atoms with Crippen molar-refractivity contribution in [2.24, 2.45) is 0 Å². The summed E-state index contributed by atoms with van der Waals surface area (Å²) in [7, 11) is 1.29. The summed E-state index contributed by atoms with van der Waals surface area (Å²) in [5, 5.41) is 0. The average Bonchev–Trinajstić information content (AvgIpc) is 2.51. The SMILES string of the molecule is COC(=O)Oc1ccccc1CCOc1ccc(C)cc1C. The Morgan fingerprint density at radius 1 is 1.05 bits per heavy atom. The molecule has 2 aromatic rings. The number of hydrogen-bond donors (Lipinski definition) is 0. The van der Waals surface area contributed by atoms with Crippen molar-refractivity contribution in [3.8, 4) is 11.5 Å². The van der Waals surface area contributed by atoms with Crippen LogP contribution in [0.1, 0.15) is 16.7 Å². The molecule has 4 nitrogen and oxygen atoms in total. The topological polar surface area (TPSA) is 44.8 Å². The lowest BCUT2D eigenvalue weighted by Crippen LogP contribution is -2.10. The largest absolute Gasteiger partial charge is 0.513 e. The molecule has 0 spiro atoms. The second-order valence-corrected chi connectivity index (χ2v) is 5.03. The van der Waals surface area contributed by atoms with Crippen molar-refractivity contribution in [1.82, 2.24) is 0 Å². The lowest BCUT2D eigenvalue weighted by Gasteiger charge is -2.12. The lowest BCUT2D eigenvalue weighted by atomic mass is 10.1. The average molecular weight is 300 g/mol. The van der Waals surface area contributed by atoms with E-state index in [2.05, 4.69) is 17.7 Å². The van der Waals surface area contributed by atoms with E-state index < -0.39 is 6.16 Å². The molecular weight excluding hydrogens is 280 g/mol. The molecule has 2 aromatic carbocycles. The van der Waals surface area contributed by atoms with Gasteiger partial charge in [0, 0.05) is 6.42 Å². The predicted octanol–water partition coefficient (Wildman–Crippen LogP) is 4.07. The van der Waals surface area contributed by atoms with Gasteiger partial charge in [-0.3, -0.25) is 0 Å². The number of para-hydroxylation sites is 1. The summed E-state index contributed by atoms with van der Waals surface area (Å²) in [4.78, 5) is 11.2. The van der Waals surface area contributed by atoms with Crippen LogP contribution in [0.4, 0.5) is 4.79 Å². The minimum Gasteiger partial charge on any atom is -0.493 e. The zero-order valence-electron chi connectivity index (χ0n) is 13.1. The molecule has 0 radical (unpaired) electrons. The summed E-state index contributed by atoms with van der Waals surface area (Å²) in [5.74, 6) is 1.37. The van der Waals surface area contributed by atoms with Gasteiger partial charge < -0.3 is 14.2 Å². The molecule has 0 saturated heterocycles. The Morgan fingerprint density at radius 2 is 1.82 bits per heavy atom. The van der Waals surface area contributed by atoms with Crippen LogP contribution >= 0.6 is 0 Å². The number of ether oxygens (including phenoxy) is 3.